The Kier molecular flexibility index (Phi) is 4.51. The predicted octanol–water partition coefficient (Wildman–Crippen LogP) is 1.51. The molecule has 19 heavy (non-hydrogen) atoms. The minimum absolute atomic E-state index is 0.0145. The third-order valence-corrected chi connectivity index (χ3v) is 4.84. The van der Waals surface area contributed by atoms with Gasteiger partial charge in [-0.2, -0.15) is 0 Å². The number of piperazine rings is 1. The lowest BCUT2D eigenvalue weighted by atomic mass is 9.82. The lowest BCUT2D eigenvalue weighted by Gasteiger charge is -2.43. The van der Waals surface area contributed by atoms with Crippen molar-refractivity contribution in [3.8, 4) is 0 Å². The average molecular weight is 267 g/mol. The fourth-order valence-electron chi connectivity index (χ4n) is 3.25. The van der Waals surface area contributed by atoms with E-state index in [0.717, 1.165) is 39.0 Å². The van der Waals surface area contributed by atoms with Crippen molar-refractivity contribution in [1.82, 2.24) is 15.5 Å². The molecule has 110 valence electrons. The maximum absolute atomic E-state index is 12.7. The fraction of sp³-hybridized carbons (Fsp3) is 0.933. The Labute approximate surface area is 117 Å². The van der Waals surface area contributed by atoms with Crippen LogP contribution in [0, 0.1) is 0 Å². The molecular weight excluding hydrogens is 238 g/mol. The molecule has 2 N–H and O–H groups in total. The largest absolute Gasteiger partial charge is 0.349 e. The Bertz CT molecular complexity index is 315. The molecule has 1 aliphatic heterocycles. The normalized spacial score (nSPS) is 25.0. The van der Waals surface area contributed by atoms with E-state index < -0.39 is 5.54 Å². The van der Waals surface area contributed by atoms with Crippen LogP contribution in [-0.4, -0.2) is 48.1 Å². The molecule has 4 heteroatoms. The minimum atomic E-state index is -0.400. The summed E-state index contributed by atoms with van der Waals surface area (Å²) in [4.78, 5) is 15.0. The van der Waals surface area contributed by atoms with E-state index in [-0.39, 0.29) is 11.4 Å². The molecule has 1 heterocycles. The molecule has 1 amide bonds. The highest BCUT2D eigenvalue weighted by molar-refractivity contribution is 5.86. The van der Waals surface area contributed by atoms with E-state index in [0.29, 0.717) is 0 Å². The van der Waals surface area contributed by atoms with Crippen LogP contribution in [0.1, 0.15) is 52.9 Å². The molecule has 2 rings (SSSR count). The first-order valence-corrected chi connectivity index (χ1v) is 7.72. The minimum Gasteiger partial charge on any atom is -0.349 e. The molecule has 0 spiro atoms. The van der Waals surface area contributed by atoms with Gasteiger partial charge in [-0.15, -0.1) is 0 Å². The summed E-state index contributed by atoms with van der Waals surface area (Å²) < 4.78 is 0. The third-order valence-electron chi connectivity index (χ3n) is 4.84. The second-order valence-electron chi connectivity index (χ2n) is 6.87. The zero-order valence-electron chi connectivity index (χ0n) is 12.7. The SMILES string of the molecule is CC1(NC(=O)C(C)(C)N2CCNCC2)CCCCC1. The van der Waals surface area contributed by atoms with Gasteiger partial charge in [-0.1, -0.05) is 19.3 Å². The second kappa shape index (κ2) is 5.80. The first-order chi connectivity index (χ1) is 8.94. The highest BCUT2D eigenvalue weighted by Crippen LogP contribution is 2.28. The summed E-state index contributed by atoms with van der Waals surface area (Å²) in [5, 5.41) is 6.67. The molecule has 0 aromatic heterocycles. The second-order valence-corrected chi connectivity index (χ2v) is 6.87. The molecule has 2 aliphatic rings. The summed E-state index contributed by atoms with van der Waals surface area (Å²) in [6, 6.07) is 0. The average Bonchev–Trinajstić information content (AvgIpc) is 2.40. The van der Waals surface area contributed by atoms with E-state index in [1.165, 1.54) is 19.3 Å². The number of nitrogens with zero attached hydrogens (tertiary/aromatic N) is 1. The molecule has 1 aliphatic carbocycles. The molecule has 1 saturated heterocycles. The number of hydrogen-bond acceptors (Lipinski definition) is 3. The van der Waals surface area contributed by atoms with E-state index >= 15 is 0 Å². The lowest BCUT2D eigenvalue weighted by molar-refractivity contribution is -0.134. The number of rotatable bonds is 3. The molecule has 1 saturated carbocycles. The van der Waals surface area contributed by atoms with Crippen molar-refractivity contribution < 1.29 is 4.79 Å². The molecular formula is C15H29N3O. The Morgan fingerprint density at radius 3 is 2.32 bits per heavy atom. The first-order valence-electron chi connectivity index (χ1n) is 7.72. The Morgan fingerprint density at radius 1 is 1.16 bits per heavy atom. The number of amides is 1. The van der Waals surface area contributed by atoms with Crippen molar-refractivity contribution in [2.75, 3.05) is 26.2 Å². The molecule has 2 fully saturated rings. The smallest absolute Gasteiger partial charge is 0.240 e. The third kappa shape index (κ3) is 3.48. The van der Waals surface area contributed by atoms with Gasteiger partial charge in [-0.3, -0.25) is 9.69 Å². The zero-order valence-corrected chi connectivity index (χ0v) is 12.7. The van der Waals surface area contributed by atoms with E-state index in [9.17, 15) is 4.79 Å². The Morgan fingerprint density at radius 2 is 1.74 bits per heavy atom. The predicted molar refractivity (Wildman–Crippen MR) is 78.2 cm³/mol. The topological polar surface area (TPSA) is 44.4 Å². The van der Waals surface area contributed by atoms with Crippen molar-refractivity contribution in [2.24, 2.45) is 0 Å². The zero-order chi connectivity index (χ0) is 13.9. The van der Waals surface area contributed by atoms with Gasteiger partial charge in [0.25, 0.3) is 0 Å². The van der Waals surface area contributed by atoms with E-state index in [1.54, 1.807) is 0 Å². The van der Waals surface area contributed by atoms with E-state index in [1.807, 2.05) is 0 Å². The Balaban J connectivity index is 1.97. The standard InChI is InChI=1S/C15H29N3O/c1-14(2,18-11-9-16-10-12-18)13(19)17-15(3)7-5-4-6-8-15/h16H,4-12H2,1-3H3,(H,17,19). The molecule has 0 bridgehead atoms. The van der Waals surface area contributed by atoms with Gasteiger partial charge in [0, 0.05) is 31.7 Å². The summed E-state index contributed by atoms with van der Waals surface area (Å²) in [5.74, 6) is 0.193. The van der Waals surface area contributed by atoms with Crippen molar-refractivity contribution >= 4 is 5.91 Å². The van der Waals surface area contributed by atoms with Crippen LogP contribution in [0.2, 0.25) is 0 Å². The summed E-state index contributed by atoms with van der Waals surface area (Å²) in [6.45, 7) is 10.2. The van der Waals surface area contributed by atoms with Gasteiger partial charge in [0.05, 0.1) is 5.54 Å². The molecule has 0 aromatic carbocycles. The van der Waals surface area contributed by atoms with Crippen LogP contribution in [-0.2, 0) is 4.79 Å². The van der Waals surface area contributed by atoms with Crippen molar-refractivity contribution in [3.05, 3.63) is 0 Å². The highest BCUT2D eigenvalue weighted by Gasteiger charge is 2.39. The van der Waals surface area contributed by atoms with E-state index in [2.05, 4.69) is 36.3 Å². The fourth-order valence-corrected chi connectivity index (χ4v) is 3.25. The van der Waals surface area contributed by atoms with Crippen molar-refractivity contribution in [3.63, 3.8) is 0 Å². The van der Waals surface area contributed by atoms with Crippen LogP contribution in [0.25, 0.3) is 0 Å². The number of carbonyl (C=O) groups excluding carboxylic acids is 1. The molecule has 0 unspecified atom stereocenters. The summed E-state index contributed by atoms with van der Waals surface area (Å²) in [5.41, 5.74) is -0.386. The monoisotopic (exact) mass is 267 g/mol. The van der Waals surface area contributed by atoms with E-state index in [4.69, 9.17) is 0 Å². The van der Waals surface area contributed by atoms with Gasteiger partial charge in [0.15, 0.2) is 0 Å². The number of nitrogens with one attached hydrogen (secondary N) is 2. The van der Waals surface area contributed by atoms with Crippen LogP contribution in [0.15, 0.2) is 0 Å². The lowest BCUT2D eigenvalue weighted by Crippen LogP contribution is -2.63. The molecule has 0 atom stereocenters. The van der Waals surface area contributed by atoms with Gasteiger partial charge in [-0.25, -0.2) is 0 Å². The quantitative estimate of drug-likeness (QED) is 0.814. The number of carbonyl (C=O) groups is 1. The summed E-state index contributed by atoms with van der Waals surface area (Å²) >= 11 is 0. The summed E-state index contributed by atoms with van der Waals surface area (Å²) in [7, 11) is 0. The van der Waals surface area contributed by atoms with Crippen molar-refractivity contribution in [1.29, 1.82) is 0 Å². The Hall–Kier alpha value is -0.610. The molecule has 0 radical (unpaired) electrons. The highest BCUT2D eigenvalue weighted by atomic mass is 16.2. The van der Waals surface area contributed by atoms with Crippen LogP contribution in [0.4, 0.5) is 0 Å². The maximum Gasteiger partial charge on any atom is 0.240 e. The van der Waals surface area contributed by atoms with Gasteiger partial charge < -0.3 is 10.6 Å². The first kappa shape index (κ1) is 14.8. The summed E-state index contributed by atoms with van der Waals surface area (Å²) in [6.07, 6.45) is 6.04. The molecule has 4 nitrogen and oxygen atoms in total. The van der Waals surface area contributed by atoms with Crippen LogP contribution < -0.4 is 10.6 Å². The van der Waals surface area contributed by atoms with Gasteiger partial charge in [0.1, 0.15) is 0 Å². The van der Waals surface area contributed by atoms with Crippen LogP contribution >= 0.6 is 0 Å². The van der Waals surface area contributed by atoms with Gasteiger partial charge >= 0.3 is 0 Å². The van der Waals surface area contributed by atoms with Gasteiger partial charge in [-0.05, 0) is 33.6 Å². The number of hydrogen-bond donors (Lipinski definition) is 2. The van der Waals surface area contributed by atoms with Crippen LogP contribution in [0.5, 0.6) is 0 Å². The van der Waals surface area contributed by atoms with Crippen LogP contribution in [0.3, 0.4) is 0 Å². The maximum atomic E-state index is 12.7. The molecule has 0 aromatic rings. The van der Waals surface area contributed by atoms with Gasteiger partial charge in [0.2, 0.25) is 5.91 Å². The van der Waals surface area contributed by atoms with Crippen molar-refractivity contribution in [2.45, 2.75) is 64.0 Å².